The Morgan fingerprint density at radius 1 is 0.968 bits per heavy atom. The zero-order chi connectivity index (χ0) is 21.6. The van der Waals surface area contributed by atoms with Crippen LogP contribution in [-0.2, 0) is 11.3 Å². The van der Waals surface area contributed by atoms with Crippen LogP contribution in [0.5, 0.6) is 11.5 Å². The number of hydrogen-bond acceptors (Lipinski definition) is 5. The minimum Gasteiger partial charge on any atom is -0.454 e. The number of nitrogens with one attached hydrogen (secondary N) is 2. The highest BCUT2D eigenvalue weighted by atomic mass is 16.7. The van der Waals surface area contributed by atoms with E-state index in [0.29, 0.717) is 29.6 Å². The molecule has 0 aromatic heterocycles. The average molecular weight is 424 g/mol. The summed E-state index contributed by atoms with van der Waals surface area (Å²) in [6.07, 6.45) is 6.48. The van der Waals surface area contributed by atoms with E-state index in [1.165, 1.54) is 37.8 Å². The van der Waals surface area contributed by atoms with Crippen molar-refractivity contribution in [2.24, 2.45) is 0 Å². The van der Waals surface area contributed by atoms with Crippen LogP contribution in [0.4, 0.5) is 5.69 Å². The number of benzene rings is 2. The Labute approximate surface area is 182 Å². The molecule has 1 aliphatic carbocycles. The van der Waals surface area contributed by atoms with Crippen LogP contribution in [-0.4, -0.2) is 38.2 Å². The second-order valence-electron chi connectivity index (χ2n) is 8.10. The van der Waals surface area contributed by atoms with Gasteiger partial charge in [-0.3, -0.25) is 9.59 Å². The third kappa shape index (κ3) is 5.29. The topological polar surface area (TPSA) is 79.9 Å². The molecular weight excluding hydrogens is 394 g/mol. The molecular formula is C24H29N3O4. The lowest BCUT2D eigenvalue weighted by atomic mass is 9.94. The van der Waals surface area contributed by atoms with Crippen LogP contribution in [0.25, 0.3) is 0 Å². The summed E-state index contributed by atoms with van der Waals surface area (Å²) in [5, 5.41) is 5.48. The first-order valence-corrected chi connectivity index (χ1v) is 10.9. The van der Waals surface area contributed by atoms with Crippen molar-refractivity contribution in [3.8, 4) is 11.5 Å². The van der Waals surface area contributed by atoms with E-state index in [9.17, 15) is 9.59 Å². The molecule has 0 bridgehead atoms. The molecule has 1 saturated carbocycles. The maximum atomic E-state index is 12.3. The minimum atomic E-state index is -0.330. The molecule has 0 spiro atoms. The number of carbonyl (C=O) groups excluding carboxylic acids is 2. The van der Waals surface area contributed by atoms with E-state index in [1.807, 2.05) is 12.1 Å². The molecule has 4 rings (SSSR count). The van der Waals surface area contributed by atoms with E-state index in [-0.39, 0.29) is 25.2 Å². The molecule has 2 aromatic carbocycles. The highest BCUT2D eigenvalue weighted by Crippen LogP contribution is 2.32. The molecule has 0 atom stereocenters. The molecule has 1 heterocycles. The number of rotatable bonds is 7. The Morgan fingerprint density at radius 3 is 2.48 bits per heavy atom. The Morgan fingerprint density at radius 2 is 1.71 bits per heavy atom. The van der Waals surface area contributed by atoms with E-state index >= 15 is 0 Å². The van der Waals surface area contributed by atoms with Crippen LogP contribution < -0.4 is 25.0 Å². The lowest BCUT2D eigenvalue weighted by Gasteiger charge is -2.33. The summed E-state index contributed by atoms with van der Waals surface area (Å²) in [6.45, 7) is 0.489. The molecule has 2 amide bonds. The monoisotopic (exact) mass is 423 g/mol. The largest absolute Gasteiger partial charge is 0.454 e. The van der Waals surface area contributed by atoms with Crippen LogP contribution in [0.15, 0.2) is 42.5 Å². The van der Waals surface area contributed by atoms with Crippen LogP contribution in [0.1, 0.15) is 48.0 Å². The third-order valence-corrected chi connectivity index (χ3v) is 6.00. The van der Waals surface area contributed by atoms with Gasteiger partial charge in [-0.15, -0.1) is 0 Å². The normalized spacial score (nSPS) is 15.4. The van der Waals surface area contributed by atoms with Crippen molar-refractivity contribution >= 4 is 17.5 Å². The fourth-order valence-electron chi connectivity index (χ4n) is 4.09. The van der Waals surface area contributed by atoms with Crippen LogP contribution in [0.3, 0.4) is 0 Å². The Hall–Kier alpha value is -3.22. The quantitative estimate of drug-likeness (QED) is 0.715. The fourth-order valence-corrected chi connectivity index (χ4v) is 4.09. The molecule has 2 N–H and O–H groups in total. The lowest BCUT2D eigenvalue weighted by Crippen LogP contribution is -2.36. The molecule has 0 saturated heterocycles. The van der Waals surface area contributed by atoms with Crippen LogP contribution in [0, 0.1) is 0 Å². The summed E-state index contributed by atoms with van der Waals surface area (Å²) in [5.74, 6) is 0.584. The Kier molecular flexibility index (Phi) is 6.60. The molecule has 1 fully saturated rings. The highest BCUT2D eigenvalue weighted by Gasteiger charge is 2.18. The predicted molar refractivity (Wildman–Crippen MR) is 118 cm³/mol. The minimum absolute atomic E-state index is 0.0875. The number of ether oxygens (including phenoxy) is 2. The van der Waals surface area contributed by atoms with Gasteiger partial charge in [-0.2, -0.15) is 0 Å². The Bertz CT molecular complexity index is 923. The smallest absolute Gasteiger partial charge is 0.251 e. The van der Waals surface area contributed by atoms with Gasteiger partial charge in [0.2, 0.25) is 12.7 Å². The molecule has 31 heavy (non-hydrogen) atoms. The molecule has 0 radical (unpaired) electrons. The van der Waals surface area contributed by atoms with Crippen LogP contribution in [0.2, 0.25) is 0 Å². The number of hydrogen-bond donors (Lipinski definition) is 2. The third-order valence-electron chi connectivity index (χ3n) is 6.00. The van der Waals surface area contributed by atoms with Crippen molar-refractivity contribution in [2.75, 3.05) is 25.3 Å². The van der Waals surface area contributed by atoms with Gasteiger partial charge >= 0.3 is 0 Å². The van der Waals surface area contributed by atoms with E-state index in [0.717, 1.165) is 5.56 Å². The number of anilines is 1. The first-order chi connectivity index (χ1) is 15.1. The van der Waals surface area contributed by atoms with E-state index in [4.69, 9.17) is 9.47 Å². The molecule has 0 unspecified atom stereocenters. The van der Waals surface area contributed by atoms with Gasteiger partial charge in [-0.1, -0.05) is 31.4 Å². The summed E-state index contributed by atoms with van der Waals surface area (Å²) >= 11 is 0. The van der Waals surface area contributed by atoms with Gasteiger partial charge < -0.3 is 25.0 Å². The molecule has 164 valence electrons. The predicted octanol–water partition coefficient (Wildman–Crippen LogP) is 3.23. The molecule has 7 nitrogen and oxygen atoms in total. The number of amides is 2. The van der Waals surface area contributed by atoms with Gasteiger partial charge in [-0.05, 0) is 48.7 Å². The number of nitrogens with zero attached hydrogens (tertiary/aromatic N) is 1. The number of fused-ring (bicyclic) bond motifs is 1. The second-order valence-corrected chi connectivity index (χ2v) is 8.10. The van der Waals surface area contributed by atoms with Gasteiger partial charge in [0.15, 0.2) is 11.5 Å². The highest BCUT2D eigenvalue weighted by molar-refractivity contribution is 5.97. The van der Waals surface area contributed by atoms with Gasteiger partial charge in [0.05, 0.1) is 6.54 Å². The summed E-state index contributed by atoms with van der Waals surface area (Å²) in [5.41, 5.74) is 2.66. The van der Waals surface area contributed by atoms with Crippen molar-refractivity contribution < 1.29 is 19.1 Å². The zero-order valence-electron chi connectivity index (χ0n) is 17.9. The SMILES string of the molecule is CN(c1ccc(CNC(=O)CNC(=O)c2ccc3c(c2)OCO3)cc1)C1CCCCC1. The fraction of sp³-hybridized carbons (Fsp3) is 0.417. The van der Waals surface area contributed by atoms with E-state index in [2.05, 4.69) is 34.7 Å². The van der Waals surface area contributed by atoms with Crippen molar-refractivity contribution in [3.05, 3.63) is 53.6 Å². The Balaban J connectivity index is 1.22. The number of carbonyl (C=O) groups is 2. The van der Waals surface area contributed by atoms with Gasteiger partial charge in [0.1, 0.15) is 0 Å². The summed E-state index contributed by atoms with van der Waals surface area (Å²) in [4.78, 5) is 26.8. The lowest BCUT2D eigenvalue weighted by molar-refractivity contribution is -0.120. The zero-order valence-corrected chi connectivity index (χ0v) is 17.9. The average Bonchev–Trinajstić information content (AvgIpc) is 3.29. The van der Waals surface area contributed by atoms with Crippen molar-refractivity contribution in [1.82, 2.24) is 10.6 Å². The molecule has 2 aliphatic rings. The van der Waals surface area contributed by atoms with Crippen molar-refractivity contribution in [3.63, 3.8) is 0 Å². The van der Waals surface area contributed by atoms with Gasteiger partial charge in [0.25, 0.3) is 5.91 Å². The first-order valence-electron chi connectivity index (χ1n) is 10.9. The summed E-state index contributed by atoms with van der Waals surface area (Å²) in [6, 6.07) is 13.9. The van der Waals surface area contributed by atoms with E-state index < -0.39 is 0 Å². The van der Waals surface area contributed by atoms with Gasteiger partial charge in [-0.25, -0.2) is 0 Å². The second kappa shape index (κ2) is 9.73. The van der Waals surface area contributed by atoms with Crippen molar-refractivity contribution in [1.29, 1.82) is 0 Å². The maximum absolute atomic E-state index is 12.3. The first kappa shape index (κ1) is 21.0. The molecule has 2 aromatic rings. The van der Waals surface area contributed by atoms with E-state index in [1.54, 1.807) is 18.2 Å². The standard InChI is InChI=1S/C24H29N3O4/c1-27(19-5-3-2-4-6-19)20-10-7-17(8-11-20)14-25-23(28)15-26-24(29)18-9-12-21-22(13-18)31-16-30-21/h7-13,19H,2-6,14-16H2,1H3,(H,25,28)(H,26,29). The van der Waals surface area contributed by atoms with Crippen molar-refractivity contribution in [2.45, 2.75) is 44.7 Å². The molecule has 1 aliphatic heterocycles. The maximum Gasteiger partial charge on any atom is 0.251 e. The summed E-state index contributed by atoms with van der Waals surface area (Å²) < 4.78 is 10.5. The van der Waals surface area contributed by atoms with Gasteiger partial charge in [0, 0.05) is 30.9 Å². The summed E-state index contributed by atoms with van der Waals surface area (Å²) in [7, 11) is 2.16. The van der Waals surface area contributed by atoms with Crippen LogP contribution >= 0.6 is 0 Å². The molecule has 7 heteroatoms.